The Morgan fingerprint density at radius 3 is 2.28 bits per heavy atom. The van der Waals surface area contributed by atoms with Crippen molar-refractivity contribution in [3.05, 3.63) is 12.2 Å². The number of aliphatic hydroxyl groups excluding tert-OH is 2. The average molecular weight is 549 g/mol. The molecule has 0 saturated heterocycles. The number of rotatable bonds is 7. The van der Waals surface area contributed by atoms with Gasteiger partial charge < -0.3 is 20.1 Å². The highest BCUT2D eigenvalue weighted by Crippen LogP contribution is 2.89. The zero-order chi connectivity index (χ0) is 28.8. The second-order valence-corrected chi connectivity index (χ2v) is 14.9. The fourth-order valence-corrected chi connectivity index (χ4v) is 11.2. The van der Waals surface area contributed by atoms with Crippen molar-refractivity contribution >= 4 is 11.9 Å². The molecule has 0 aromatic carbocycles. The largest absolute Gasteiger partial charge is 0.481 e. The van der Waals surface area contributed by atoms with E-state index in [1.165, 1.54) is 7.11 Å². The average Bonchev–Trinajstić information content (AvgIpc) is 3.50. The molecular weight excluding hydrogens is 500 g/mol. The van der Waals surface area contributed by atoms with Gasteiger partial charge in [0.05, 0.1) is 30.7 Å². The van der Waals surface area contributed by atoms with E-state index in [4.69, 9.17) is 9.99 Å². The Kier molecular flexibility index (Phi) is 6.70. The van der Waals surface area contributed by atoms with Gasteiger partial charge in [0.2, 0.25) is 0 Å². The minimum Gasteiger partial charge on any atom is -0.481 e. The van der Waals surface area contributed by atoms with Crippen molar-refractivity contribution in [3.63, 3.8) is 0 Å². The van der Waals surface area contributed by atoms with Crippen molar-refractivity contribution in [3.8, 4) is 0 Å². The number of aliphatic hydroxyl groups is 2. The number of methoxy groups -OCH3 is 1. The van der Waals surface area contributed by atoms with Crippen LogP contribution in [-0.2, 0) is 19.2 Å². The second-order valence-electron chi connectivity index (χ2n) is 14.9. The first-order valence-corrected chi connectivity index (χ1v) is 14.8. The molecule has 8 nitrogen and oxygen atoms in total. The Bertz CT molecular complexity index is 1060. The number of aliphatic carboxylic acids is 1. The SMILES string of the molecule is COC(=O)[C@]1(C)[C@@H](O)C[C@H](O)[C@]23C[C@]24CC[C@]2(C)[C@@H]([C@@H](C/C=C\C(C)(C)OO)C(=O)O)CC[C@@]2(C)[C@@H]4CC[C@@H]13. The Balaban J connectivity index is 1.46. The van der Waals surface area contributed by atoms with Crippen LogP contribution in [0.5, 0.6) is 0 Å². The van der Waals surface area contributed by atoms with Gasteiger partial charge >= 0.3 is 11.9 Å². The van der Waals surface area contributed by atoms with Crippen molar-refractivity contribution in [2.45, 2.75) is 110 Å². The van der Waals surface area contributed by atoms with Crippen LogP contribution in [0.4, 0.5) is 0 Å². The maximum atomic E-state index is 13.1. The van der Waals surface area contributed by atoms with E-state index in [-0.39, 0.29) is 40.5 Å². The maximum absolute atomic E-state index is 13.1. The lowest BCUT2D eigenvalue weighted by atomic mass is 9.41. The van der Waals surface area contributed by atoms with Gasteiger partial charge in [-0.25, -0.2) is 4.89 Å². The molecule has 0 heterocycles. The molecule has 0 aromatic rings. The van der Waals surface area contributed by atoms with Gasteiger partial charge in [-0.2, -0.15) is 0 Å². The fourth-order valence-electron chi connectivity index (χ4n) is 11.2. The molecule has 0 amide bonds. The van der Waals surface area contributed by atoms with Crippen LogP contribution in [0.1, 0.15) is 92.4 Å². The lowest BCUT2D eigenvalue weighted by Gasteiger charge is -2.63. The monoisotopic (exact) mass is 548 g/mol. The van der Waals surface area contributed by atoms with Crippen LogP contribution >= 0.6 is 0 Å². The van der Waals surface area contributed by atoms with Gasteiger partial charge in [-0.3, -0.25) is 14.8 Å². The molecule has 5 aliphatic carbocycles. The Morgan fingerprint density at radius 2 is 1.67 bits per heavy atom. The summed E-state index contributed by atoms with van der Waals surface area (Å²) in [6, 6.07) is 0. The van der Waals surface area contributed by atoms with Gasteiger partial charge in [-0.1, -0.05) is 26.0 Å². The molecule has 0 bridgehead atoms. The molecule has 220 valence electrons. The Hall–Kier alpha value is -1.48. The fraction of sp³-hybridized carbons (Fsp3) is 0.871. The van der Waals surface area contributed by atoms with Crippen molar-refractivity contribution in [1.82, 2.24) is 0 Å². The molecule has 5 saturated carbocycles. The summed E-state index contributed by atoms with van der Waals surface area (Å²) < 4.78 is 5.21. The molecule has 0 aromatic heterocycles. The number of carbonyl (C=O) groups excluding carboxylic acids is 1. The minimum atomic E-state index is -1.03. The van der Waals surface area contributed by atoms with Crippen LogP contribution in [0, 0.1) is 50.7 Å². The summed E-state index contributed by atoms with van der Waals surface area (Å²) in [4.78, 5) is 30.2. The molecule has 5 aliphatic rings. The summed E-state index contributed by atoms with van der Waals surface area (Å²) >= 11 is 0. The highest BCUT2D eigenvalue weighted by Gasteiger charge is 2.85. The van der Waals surface area contributed by atoms with Crippen molar-refractivity contribution in [2.75, 3.05) is 7.11 Å². The van der Waals surface area contributed by atoms with Gasteiger partial charge in [-0.05, 0) is 106 Å². The van der Waals surface area contributed by atoms with Crippen molar-refractivity contribution in [2.24, 2.45) is 50.7 Å². The number of allylic oxidation sites excluding steroid dienone is 1. The predicted octanol–water partition coefficient (Wildman–Crippen LogP) is 4.83. The molecule has 39 heavy (non-hydrogen) atoms. The molecule has 0 unspecified atom stereocenters. The van der Waals surface area contributed by atoms with Crippen molar-refractivity contribution in [1.29, 1.82) is 0 Å². The molecule has 5 fully saturated rings. The van der Waals surface area contributed by atoms with E-state index >= 15 is 0 Å². The molecule has 2 spiro atoms. The van der Waals surface area contributed by atoms with Gasteiger partial charge in [0.1, 0.15) is 5.60 Å². The first-order valence-electron chi connectivity index (χ1n) is 14.8. The number of fused-ring (bicyclic) bond motifs is 2. The number of carboxylic acids is 1. The Labute approximate surface area is 232 Å². The quantitative estimate of drug-likeness (QED) is 0.154. The van der Waals surface area contributed by atoms with E-state index in [0.717, 1.165) is 44.9 Å². The topological polar surface area (TPSA) is 134 Å². The van der Waals surface area contributed by atoms with E-state index < -0.39 is 40.5 Å². The zero-order valence-electron chi connectivity index (χ0n) is 24.4. The van der Waals surface area contributed by atoms with Crippen molar-refractivity contribution < 1.29 is 39.8 Å². The van der Waals surface area contributed by atoms with Crippen LogP contribution < -0.4 is 0 Å². The van der Waals surface area contributed by atoms with E-state index in [0.29, 0.717) is 12.3 Å². The standard InChI is InChI=1S/C31H48O8/c1-26(2,39-37)12-7-8-18(24(34)35)19-11-13-28(4)20-9-10-21-29(5,25(36)38-6)22(32)16-23(33)31(21)17-30(20,31)15-14-27(19,28)3/h7,12,18-23,32-33,37H,8-11,13-17H2,1-6H3,(H,34,35)/b12-7-/t18-,19-,20+,21+,22+,23+,27-,28+,29+,30+,31-/m1/s1. The number of carbonyl (C=O) groups is 2. The van der Waals surface area contributed by atoms with Gasteiger partial charge in [0, 0.05) is 11.8 Å². The lowest BCUT2D eigenvalue weighted by molar-refractivity contribution is -0.297. The molecule has 0 radical (unpaired) electrons. The van der Waals surface area contributed by atoms with E-state index in [1.54, 1.807) is 19.9 Å². The highest BCUT2D eigenvalue weighted by atomic mass is 17.1. The number of carboxylic acid groups (broad SMARTS) is 1. The summed E-state index contributed by atoms with van der Waals surface area (Å²) in [6.45, 7) is 9.95. The Morgan fingerprint density at radius 1 is 1.00 bits per heavy atom. The number of hydrogen-bond acceptors (Lipinski definition) is 7. The third-order valence-corrected chi connectivity index (χ3v) is 13.4. The minimum absolute atomic E-state index is 0.0195. The van der Waals surface area contributed by atoms with Crippen LogP contribution in [0.15, 0.2) is 12.2 Å². The molecule has 11 atom stereocenters. The zero-order valence-corrected chi connectivity index (χ0v) is 24.4. The van der Waals surface area contributed by atoms with Crippen LogP contribution in [0.25, 0.3) is 0 Å². The van der Waals surface area contributed by atoms with Gasteiger partial charge in [-0.15, -0.1) is 0 Å². The van der Waals surface area contributed by atoms with Gasteiger partial charge in [0.25, 0.3) is 0 Å². The van der Waals surface area contributed by atoms with Crippen LogP contribution in [0.2, 0.25) is 0 Å². The van der Waals surface area contributed by atoms with E-state index in [2.05, 4.69) is 18.7 Å². The summed E-state index contributed by atoms with van der Waals surface area (Å²) in [5.41, 5.74) is -2.63. The van der Waals surface area contributed by atoms with E-state index in [9.17, 15) is 24.9 Å². The summed E-state index contributed by atoms with van der Waals surface area (Å²) in [5, 5.41) is 42.0. The summed E-state index contributed by atoms with van der Waals surface area (Å²) in [7, 11) is 1.38. The van der Waals surface area contributed by atoms with E-state index in [1.807, 2.05) is 13.0 Å². The van der Waals surface area contributed by atoms with Crippen LogP contribution in [-0.4, -0.2) is 57.4 Å². The highest BCUT2D eigenvalue weighted by molar-refractivity contribution is 5.78. The number of esters is 1. The smallest absolute Gasteiger partial charge is 0.314 e. The molecule has 4 N–H and O–H groups in total. The third-order valence-electron chi connectivity index (χ3n) is 13.4. The number of hydrogen-bond donors (Lipinski definition) is 4. The second kappa shape index (κ2) is 9.01. The normalized spacial score (nSPS) is 49.4. The third kappa shape index (κ3) is 3.56. The molecular formula is C31H48O8. The first kappa shape index (κ1) is 29.0. The molecule has 0 aliphatic heterocycles. The predicted molar refractivity (Wildman–Crippen MR) is 143 cm³/mol. The lowest BCUT2D eigenvalue weighted by Crippen LogP contribution is -2.63. The van der Waals surface area contributed by atoms with Crippen LogP contribution in [0.3, 0.4) is 0 Å². The maximum Gasteiger partial charge on any atom is 0.314 e. The number of ether oxygens (including phenoxy) is 1. The molecule has 8 heteroatoms. The summed E-state index contributed by atoms with van der Waals surface area (Å²) in [6.07, 6.45) is 8.68. The first-order chi connectivity index (χ1) is 18.1. The molecule has 5 rings (SSSR count). The van der Waals surface area contributed by atoms with Gasteiger partial charge in [0.15, 0.2) is 0 Å². The summed E-state index contributed by atoms with van der Waals surface area (Å²) in [5.74, 6) is -1.47.